The fourth-order valence-electron chi connectivity index (χ4n) is 1.91. The summed E-state index contributed by atoms with van der Waals surface area (Å²) in [6.07, 6.45) is 4.17. The van der Waals surface area contributed by atoms with Crippen molar-refractivity contribution >= 4 is 5.78 Å². The number of allylic oxidation sites excluding steroid dienone is 6. The van der Waals surface area contributed by atoms with Crippen LogP contribution in [0.2, 0.25) is 0 Å². The number of hydrogen-bond acceptors (Lipinski definition) is 6. The van der Waals surface area contributed by atoms with Crippen molar-refractivity contribution in [1.82, 2.24) is 0 Å². The lowest BCUT2D eigenvalue weighted by molar-refractivity contribution is -0.113. The molecule has 0 spiro atoms. The smallest absolute Gasteiger partial charge is 0.162 e. The summed E-state index contributed by atoms with van der Waals surface area (Å²) < 4.78 is 0. The molecule has 1 aliphatic rings. The number of Topliss-reactive ketones (excluding diaryl/α,β-unsaturated/α-hetero) is 1. The highest BCUT2D eigenvalue weighted by atomic mass is 16.3. The molecule has 0 bridgehead atoms. The van der Waals surface area contributed by atoms with E-state index in [2.05, 4.69) is 16.9 Å². The Morgan fingerprint density at radius 3 is 2.55 bits per heavy atom. The Kier molecular flexibility index (Phi) is 5.02. The predicted molar refractivity (Wildman–Crippen MR) is 75.6 cm³/mol. The number of carbonyl (C=O) groups is 1. The van der Waals surface area contributed by atoms with Gasteiger partial charge in [0.1, 0.15) is 17.2 Å². The first kappa shape index (κ1) is 15.4. The summed E-state index contributed by atoms with van der Waals surface area (Å²) in [5.74, 6) is -0.656. The second-order valence-corrected chi connectivity index (χ2v) is 4.19. The number of nitroso groups, excluding NO2 is 2. The van der Waals surface area contributed by atoms with Crippen LogP contribution in [0, 0.1) is 9.81 Å². The minimum absolute atomic E-state index is 0.0871. The van der Waals surface area contributed by atoms with Crippen molar-refractivity contribution in [1.29, 1.82) is 0 Å². The van der Waals surface area contributed by atoms with Crippen LogP contribution in [-0.4, -0.2) is 10.9 Å². The average molecular weight is 274 g/mol. The molecule has 1 N–H and O–H groups in total. The minimum Gasteiger partial charge on any atom is -0.507 e. The average Bonchev–Trinajstić information content (AvgIpc) is 2.43. The lowest BCUT2D eigenvalue weighted by Crippen LogP contribution is -2.09. The van der Waals surface area contributed by atoms with E-state index in [9.17, 15) is 19.7 Å². The van der Waals surface area contributed by atoms with Crippen LogP contribution in [0.25, 0.3) is 0 Å². The summed E-state index contributed by atoms with van der Waals surface area (Å²) >= 11 is 0. The first-order valence-electron chi connectivity index (χ1n) is 5.81. The molecule has 0 amide bonds. The molecule has 0 aliphatic heterocycles. The molecule has 0 heterocycles. The Morgan fingerprint density at radius 2 is 2.10 bits per heavy atom. The standard InChI is InChI=1S/C14H14N2O4/c1-4-10(15-19)7-12(18)11-6-5-8(2)13(9(3)17)14(11)16-20/h4-5,7,18H,1,6H2,2-3H3/b10-7+,12-11-. The highest BCUT2D eigenvalue weighted by molar-refractivity contribution is 5.99. The lowest BCUT2D eigenvalue weighted by Gasteiger charge is -2.16. The maximum atomic E-state index is 11.6. The molecule has 0 saturated heterocycles. The fraction of sp³-hybridized carbons (Fsp3) is 0.214. The van der Waals surface area contributed by atoms with Gasteiger partial charge in [0.25, 0.3) is 0 Å². The Labute approximate surface area is 115 Å². The van der Waals surface area contributed by atoms with Gasteiger partial charge >= 0.3 is 0 Å². The largest absolute Gasteiger partial charge is 0.507 e. The van der Waals surface area contributed by atoms with E-state index < -0.39 is 0 Å². The molecular weight excluding hydrogens is 260 g/mol. The van der Waals surface area contributed by atoms with Crippen molar-refractivity contribution in [3.63, 3.8) is 0 Å². The molecule has 0 aromatic rings. The van der Waals surface area contributed by atoms with Gasteiger partial charge in [0.2, 0.25) is 0 Å². The highest BCUT2D eigenvalue weighted by Crippen LogP contribution is 2.32. The van der Waals surface area contributed by atoms with Crippen LogP contribution in [0.3, 0.4) is 0 Å². The molecule has 0 fully saturated rings. The van der Waals surface area contributed by atoms with Gasteiger partial charge in [-0.25, -0.2) is 0 Å². The molecule has 0 radical (unpaired) electrons. The molecule has 1 aliphatic carbocycles. The first-order chi connectivity index (χ1) is 9.46. The van der Waals surface area contributed by atoms with Crippen molar-refractivity contribution in [2.24, 2.45) is 10.4 Å². The van der Waals surface area contributed by atoms with E-state index in [-0.39, 0.29) is 40.5 Å². The van der Waals surface area contributed by atoms with Crippen molar-refractivity contribution < 1.29 is 9.90 Å². The third-order valence-electron chi connectivity index (χ3n) is 2.88. The number of aliphatic hydroxyl groups is 1. The van der Waals surface area contributed by atoms with Crippen LogP contribution in [-0.2, 0) is 4.79 Å². The van der Waals surface area contributed by atoms with E-state index in [1.165, 1.54) is 6.92 Å². The van der Waals surface area contributed by atoms with Crippen LogP contribution in [0.4, 0.5) is 0 Å². The second-order valence-electron chi connectivity index (χ2n) is 4.19. The van der Waals surface area contributed by atoms with Crippen LogP contribution in [0.1, 0.15) is 20.3 Å². The predicted octanol–water partition coefficient (Wildman–Crippen LogP) is 3.59. The molecule has 0 aromatic heterocycles. The molecule has 0 unspecified atom stereocenters. The number of carbonyl (C=O) groups excluding carboxylic acids is 1. The van der Waals surface area contributed by atoms with Crippen LogP contribution in [0.5, 0.6) is 0 Å². The van der Waals surface area contributed by atoms with E-state index in [1.807, 2.05) is 0 Å². The van der Waals surface area contributed by atoms with E-state index in [0.717, 1.165) is 12.2 Å². The summed E-state index contributed by atoms with van der Waals surface area (Å²) in [4.78, 5) is 33.0. The van der Waals surface area contributed by atoms with Gasteiger partial charge in [-0.15, -0.1) is 9.81 Å². The van der Waals surface area contributed by atoms with Crippen LogP contribution < -0.4 is 0 Å². The van der Waals surface area contributed by atoms with Gasteiger partial charge in [0.05, 0.1) is 0 Å². The first-order valence-corrected chi connectivity index (χ1v) is 5.81. The Balaban J connectivity index is 3.50. The molecule has 0 aromatic carbocycles. The topological polar surface area (TPSA) is 96.2 Å². The van der Waals surface area contributed by atoms with E-state index in [4.69, 9.17) is 0 Å². The van der Waals surface area contributed by atoms with Crippen molar-refractivity contribution in [2.75, 3.05) is 0 Å². The maximum absolute atomic E-state index is 11.6. The number of rotatable bonds is 5. The van der Waals surface area contributed by atoms with Gasteiger partial charge in [-0.05, 0) is 42.3 Å². The third-order valence-corrected chi connectivity index (χ3v) is 2.88. The number of ketones is 1. The molecule has 6 nitrogen and oxygen atoms in total. The Hall–Kier alpha value is -2.63. The quantitative estimate of drug-likeness (QED) is 0.470. The minimum atomic E-state index is -0.336. The fourth-order valence-corrected chi connectivity index (χ4v) is 1.91. The third kappa shape index (κ3) is 3.03. The zero-order valence-electron chi connectivity index (χ0n) is 11.2. The summed E-state index contributed by atoms with van der Waals surface area (Å²) in [5.41, 5.74) is 0.778. The van der Waals surface area contributed by atoms with Crippen molar-refractivity contribution in [3.8, 4) is 0 Å². The van der Waals surface area contributed by atoms with Gasteiger partial charge in [-0.1, -0.05) is 12.7 Å². The van der Waals surface area contributed by atoms with Crippen molar-refractivity contribution in [3.05, 3.63) is 68.5 Å². The number of aliphatic hydroxyl groups excluding tert-OH is 1. The van der Waals surface area contributed by atoms with E-state index in [0.29, 0.717) is 5.57 Å². The molecule has 0 saturated carbocycles. The monoisotopic (exact) mass is 274 g/mol. The zero-order chi connectivity index (χ0) is 15.3. The molecular formula is C14H14N2O4. The number of nitrogens with zero attached hydrogens (tertiary/aromatic N) is 2. The summed E-state index contributed by atoms with van der Waals surface area (Å²) in [6, 6.07) is 0. The van der Waals surface area contributed by atoms with Gasteiger partial charge in [0.15, 0.2) is 5.78 Å². The number of hydrogen-bond donors (Lipinski definition) is 1. The lowest BCUT2D eigenvalue weighted by atomic mass is 9.89. The van der Waals surface area contributed by atoms with Gasteiger partial charge < -0.3 is 5.11 Å². The molecule has 6 heteroatoms. The van der Waals surface area contributed by atoms with E-state index >= 15 is 0 Å². The molecule has 104 valence electrons. The normalized spacial score (nSPS) is 18.3. The molecule has 20 heavy (non-hydrogen) atoms. The van der Waals surface area contributed by atoms with E-state index in [1.54, 1.807) is 13.0 Å². The highest BCUT2D eigenvalue weighted by Gasteiger charge is 2.24. The SMILES string of the molecule is C=C/C(=C\C(O)=C1/CC=C(C)C(C(C)=O)=C1N=O)N=O. The summed E-state index contributed by atoms with van der Waals surface area (Å²) in [5, 5.41) is 15.5. The van der Waals surface area contributed by atoms with Gasteiger partial charge in [-0.2, -0.15) is 0 Å². The maximum Gasteiger partial charge on any atom is 0.162 e. The van der Waals surface area contributed by atoms with Gasteiger partial charge in [-0.3, -0.25) is 4.79 Å². The second kappa shape index (κ2) is 6.51. The van der Waals surface area contributed by atoms with Crippen LogP contribution >= 0.6 is 0 Å². The Bertz CT molecular complexity index is 597. The zero-order valence-corrected chi connectivity index (χ0v) is 11.2. The van der Waals surface area contributed by atoms with Gasteiger partial charge in [0, 0.05) is 17.2 Å². The summed E-state index contributed by atoms with van der Waals surface area (Å²) in [7, 11) is 0. The Morgan fingerprint density at radius 1 is 1.45 bits per heavy atom. The summed E-state index contributed by atoms with van der Waals surface area (Å²) in [6.45, 7) is 6.37. The molecule has 1 rings (SSSR count). The van der Waals surface area contributed by atoms with Crippen molar-refractivity contribution in [2.45, 2.75) is 20.3 Å². The molecule has 0 atom stereocenters. The van der Waals surface area contributed by atoms with Crippen LogP contribution in [0.15, 0.2) is 69.0 Å².